The highest BCUT2D eigenvalue weighted by Gasteiger charge is 2.13. The van der Waals surface area contributed by atoms with Gasteiger partial charge in [0, 0.05) is 5.56 Å². The topological polar surface area (TPSA) is 29.5 Å². The lowest BCUT2D eigenvalue weighted by Gasteiger charge is -2.15. The molecule has 2 nitrogen and oxygen atoms in total. The molecule has 2 aromatic rings. The molecule has 0 aromatic heterocycles. The average Bonchev–Trinajstić information content (AvgIpc) is 2.44. The molecule has 0 radical (unpaired) electrons. The van der Waals surface area contributed by atoms with E-state index < -0.39 is 6.10 Å². The van der Waals surface area contributed by atoms with E-state index in [-0.39, 0.29) is 5.82 Å². The van der Waals surface area contributed by atoms with Gasteiger partial charge in [0.15, 0.2) is 0 Å². The minimum absolute atomic E-state index is 0.337. The standard InChI is InChI=1S/C18H21FO2/c1-4-5-14-6-8-15(9-7-14)21-18-10-12(2)17(19)11-16(18)13(3)20/h6-11,13,20H,4-5H2,1-3H3/t13-/m0/s1. The number of benzene rings is 2. The fourth-order valence-corrected chi connectivity index (χ4v) is 2.23. The van der Waals surface area contributed by atoms with Crippen molar-refractivity contribution in [2.24, 2.45) is 0 Å². The monoisotopic (exact) mass is 288 g/mol. The van der Waals surface area contributed by atoms with Gasteiger partial charge in [-0.1, -0.05) is 25.5 Å². The highest BCUT2D eigenvalue weighted by atomic mass is 19.1. The van der Waals surface area contributed by atoms with Crippen LogP contribution in [0.4, 0.5) is 4.39 Å². The molecule has 0 spiro atoms. The first-order valence-electron chi connectivity index (χ1n) is 7.26. The molecule has 2 rings (SSSR count). The third-order valence-corrected chi connectivity index (χ3v) is 3.43. The molecular weight excluding hydrogens is 267 g/mol. The summed E-state index contributed by atoms with van der Waals surface area (Å²) in [7, 11) is 0. The van der Waals surface area contributed by atoms with Gasteiger partial charge in [-0.2, -0.15) is 0 Å². The largest absolute Gasteiger partial charge is 0.457 e. The Labute approximate surface area is 125 Å². The zero-order valence-electron chi connectivity index (χ0n) is 12.7. The van der Waals surface area contributed by atoms with Crippen LogP contribution in [-0.2, 0) is 6.42 Å². The van der Waals surface area contributed by atoms with E-state index in [1.807, 2.05) is 24.3 Å². The molecule has 21 heavy (non-hydrogen) atoms. The van der Waals surface area contributed by atoms with Crippen LogP contribution in [0, 0.1) is 12.7 Å². The molecular formula is C18H21FO2. The summed E-state index contributed by atoms with van der Waals surface area (Å²) < 4.78 is 19.4. The normalized spacial score (nSPS) is 12.2. The Balaban J connectivity index is 2.28. The molecule has 0 fully saturated rings. The number of rotatable bonds is 5. The summed E-state index contributed by atoms with van der Waals surface area (Å²) in [6.07, 6.45) is 1.35. The van der Waals surface area contributed by atoms with Crippen molar-refractivity contribution >= 4 is 0 Å². The fourth-order valence-electron chi connectivity index (χ4n) is 2.23. The van der Waals surface area contributed by atoms with Crippen LogP contribution in [0.1, 0.15) is 43.1 Å². The van der Waals surface area contributed by atoms with Crippen molar-refractivity contribution in [1.82, 2.24) is 0 Å². The Kier molecular flexibility index (Phi) is 4.97. The molecule has 0 aliphatic heterocycles. The first-order chi connectivity index (χ1) is 10.0. The van der Waals surface area contributed by atoms with Gasteiger partial charge in [-0.3, -0.25) is 0 Å². The summed E-state index contributed by atoms with van der Waals surface area (Å²) in [6, 6.07) is 10.8. The maximum Gasteiger partial charge on any atom is 0.133 e. The summed E-state index contributed by atoms with van der Waals surface area (Å²) in [5, 5.41) is 9.77. The van der Waals surface area contributed by atoms with E-state index in [0.717, 1.165) is 12.8 Å². The smallest absolute Gasteiger partial charge is 0.133 e. The average molecular weight is 288 g/mol. The zero-order valence-corrected chi connectivity index (χ0v) is 12.7. The van der Waals surface area contributed by atoms with Gasteiger partial charge >= 0.3 is 0 Å². The van der Waals surface area contributed by atoms with E-state index in [1.54, 1.807) is 19.9 Å². The van der Waals surface area contributed by atoms with E-state index in [9.17, 15) is 9.50 Å². The third kappa shape index (κ3) is 3.82. The lowest BCUT2D eigenvalue weighted by atomic mass is 10.1. The molecule has 0 amide bonds. The van der Waals surface area contributed by atoms with Gasteiger partial charge in [-0.25, -0.2) is 4.39 Å². The van der Waals surface area contributed by atoms with Crippen molar-refractivity contribution in [3.63, 3.8) is 0 Å². The second kappa shape index (κ2) is 6.72. The third-order valence-electron chi connectivity index (χ3n) is 3.43. The van der Waals surface area contributed by atoms with Crippen LogP contribution in [0.5, 0.6) is 11.5 Å². The highest BCUT2D eigenvalue weighted by molar-refractivity contribution is 5.42. The zero-order chi connectivity index (χ0) is 15.4. The van der Waals surface area contributed by atoms with E-state index in [4.69, 9.17) is 4.74 Å². The van der Waals surface area contributed by atoms with Gasteiger partial charge in [-0.05, 0) is 55.7 Å². The predicted octanol–water partition coefficient (Wildman–Crippen LogP) is 4.93. The van der Waals surface area contributed by atoms with E-state index >= 15 is 0 Å². The Morgan fingerprint density at radius 1 is 1.19 bits per heavy atom. The summed E-state index contributed by atoms with van der Waals surface area (Å²) in [6.45, 7) is 5.42. The second-order valence-electron chi connectivity index (χ2n) is 5.31. The number of aliphatic hydroxyl groups excluding tert-OH is 1. The van der Waals surface area contributed by atoms with Crippen LogP contribution < -0.4 is 4.74 Å². The molecule has 0 heterocycles. The second-order valence-corrected chi connectivity index (χ2v) is 5.31. The van der Waals surface area contributed by atoms with Crippen molar-refractivity contribution < 1.29 is 14.2 Å². The molecule has 2 aromatic carbocycles. The molecule has 0 aliphatic rings. The lowest BCUT2D eigenvalue weighted by Crippen LogP contribution is -1.99. The van der Waals surface area contributed by atoms with Crippen molar-refractivity contribution in [3.8, 4) is 11.5 Å². The Morgan fingerprint density at radius 2 is 1.86 bits per heavy atom. The van der Waals surface area contributed by atoms with E-state index in [1.165, 1.54) is 11.6 Å². The molecule has 3 heteroatoms. The van der Waals surface area contributed by atoms with Crippen LogP contribution in [0.25, 0.3) is 0 Å². The Hall–Kier alpha value is -1.87. The number of halogens is 1. The molecule has 0 saturated carbocycles. The van der Waals surface area contributed by atoms with Crippen LogP contribution >= 0.6 is 0 Å². The van der Waals surface area contributed by atoms with Gasteiger partial charge < -0.3 is 9.84 Å². The lowest BCUT2D eigenvalue weighted by molar-refractivity contribution is 0.195. The molecule has 1 atom stereocenters. The summed E-state index contributed by atoms with van der Waals surface area (Å²) in [5.74, 6) is 0.839. The van der Waals surface area contributed by atoms with Crippen molar-refractivity contribution in [1.29, 1.82) is 0 Å². The van der Waals surface area contributed by atoms with Crippen molar-refractivity contribution in [3.05, 3.63) is 58.9 Å². The minimum atomic E-state index is -0.783. The number of hydrogen-bond donors (Lipinski definition) is 1. The molecule has 0 saturated heterocycles. The maximum absolute atomic E-state index is 13.6. The fraction of sp³-hybridized carbons (Fsp3) is 0.333. The first-order valence-corrected chi connectivity index (χ1v) is 7.26. The van der Waals surface area contributed by atoms with Gasteiger partial charge in [0.05, 0.1) is 6.10 Å². The molecule has 0 aliphatic carbocycles. The number of hydrogen-bond acceptors (Lipinski definition) is 2. The molecule has 0 unspecified atom stereocenters. The number of ether oxygens (including phenoxy) is 1. The van der Waals surface area contributed by atoms with Gasteiger partial charge in [0.1, 0.15) is 17.3 Å². The summed E-state index contributed by atoms with van der Waals surface area (Å²) in [4.78, 5) is 0. The van der Waals surface area contributed by atoms with Crippen molar-refractivity contribution in [2.45, 2.75) is 39.7 Å². The van der Waals surface area contributed by atoms with E-state index in [2.05, 4.69) is 6.92 Å². The van der Waals surface area contributed by atoms with Crippen LogP contribution in [0.15, 0.2) is 36.4 Å². The summed E-state index contributed by atoms with van der Waals surface area (Å²) in [5.41, 5.74) is 2.21. The van der Waals surface area contributed by atoms with Crippen LogP contribution in [-0.4, -0.2) is 5.11 Å². The SMILES string of the molecule is CCCc1ccc(Oc2cc(C)c(F)cc2[C@H](C)O)cc1. The molecule has 112 valence electrons. The Morgan fingerprint density at radius 3 is 2.43 bits per heavy atom. The quantitative estimate of drug-likeness (QED) is 0.845. The first kappa shape index (κ1) is 15.5. The maximum atomic E-state index is 13.6. The van der Waals surface area contributed by atoms with Crippen molar-refractivity contribution in [2.75, 3.05) is 0 Å². The minimum Gasteiger partial charge on any atom is -0.457 e. The highest BCUT2D eigenvalue weighted by Crippen LogP contribution is 2.32. The van der Waals surface area contributed by atoms with Gasteiger partial charge in [0.2, 0.25) is 0 Å². The number of aliphatic hydroxyl groups is 1. The number of aryl methyl sites for hydroxylation is 2. The van der Waals surface area contributed by atoms with Crippen LogP contribution in [0.3, 0.4) is 0 Å². The molecule has 0 bridgehead atoms. The predicted molar refractivity (Wildman–Crippen MR) is 82.3 cm³/mol. The van der Waals surface area contributed by atoms with Crippen LogP contribution in [0.2, 0.25) is 0 Å². The Bertz CT molecular complexity index is 603. The van der Waals surface area contributed by atoms with E-state index in [0.29, 0.717) is 22.6 Å². The van der Waals surface area contributed by atoms with Gasteiger partial charge in [-0.15, -0.1) is 0 Å². The summed E-state index contributed by atoms with van der Waals surface area (Å²) >= 11 is 0. The van der Waals surface area contributed by atoms with Gasteiger partial charge in [0.25, 0.3) is 0 Å². The molecule has 1 N–H and O–H groups in total.